The quantitative estimate of drug-likeness (QED) is 0.534. The molecule has 1 atom stereocenters. The summed E-state index contributed by atoms with van der Waals surface area (Å²) in [5.74, 6) is 1.10. The fourth-order valence-electron chi connectivity index (χ4n) is 4.26. The lowest BCUT2D eigenvalue weighted by atomic mass is 9.81. The van der Waals surface area contributed by atoms with Crippen LogP contribution in [0.4, 0.5) is 0 Å². The maximum Gasteiger partial charge on any atom is 0.0997 e. The van der Waals surface area contributed by atoms with Crippen LogP contribution in [-0.2, 0) is 9.47 Å². The molecular weight excluding hydrogens is 443 g/mol. The molecule has 2 fully saturated rings. The van der Waals surface area contributed by atoms with E-state index in [1.807, 2.05) is 36.4 Å². The first-order valence-corrected chi connectivity index (χ1v) is 11.9. The van der Waals surface area contributed by atoms with Crippen LogP contribution in [0.5, 0.6) is 0 Å². The molecule has 0 saturated carbocycles. The predicted molar refractivity (Wildman–Crippen MR) is 131 cm³/mol. The summed E-state index contributed by atoms with van der Waals surface area (Å²) in [5.41, 5.74) is 10.1. The van der Waals surface area contributed by atoms with Crippen LogP contribution in [0, 0.1) is 17.2 Å². The molecule has 2 aliphatic rings. The van der Waals surface area contributed by atoms with Crippen LogP contribution < -0.4 is 5.73 Å². The molecule has 6 heteroatoms. The molecule has 0 aliphatic carbocycles. The summed E-state index contributed by atoms with van der Waals surface area (Å²) in [5, 5.41) is 10.7. The Labute approximate surface area is 200 Å². The first-order chi connectivity index (χ1) is 15.6. The highest BCUT2D eigenvalue weighted by Gasteiger charge is 2.24. The SMILES string of the molecule is N#CC(=C1CCOCC1)c1ccc(Cl)cc1.NCC(c1ccc(Cl)cc1)C1CCOCC1. The van der Waals surface area contributed by atoms with Crippen molar-refractivity contribution in [3.63, 3.8) is 0 Å². The van der Waals surface area contributed by atoms with E-state index in [0.29, 0.717) is 36.6 Å². The molecule has 0 amide bonds. The smallest absolute Gasteiger partial charge is 0.0997 e. The van der Waals surface area contributed by atoms with Gasteiger partial charge in [0.05, 0.1) is 24.9 Å². The molecule has 2 aromatic carbocycles. The Morgan fingerprint density at radius 3 is 1.97 bits per heavy atom. The minimum atomic E-state index is 0.446. The van der Waals surface area contributed by atoms with Gasteiger partial charge in [0.25, 0.3) is 0 Å². The standard InChI is InChI=1S/C13H18ClNO.C13H12ClNO/c2*14-12-3-1-10(2-4-12)13(9-15)11-5-7-16-8-6-11/h1-4,11,13H,5-9,15H2;1-4H,5-8H2. The normalized spacial score (nSPS) is 17.6. The summed E-state index contributed by atoms with van der Waals surface area (Å²) in [7, 11) is 0. The van der Waals surface area contributed by atoms with Crippen molar-refractivity contribution >= 4 is 28.8 Å². The summed E-state index contributed by atoms with van der Waals surface area (Å²) in [4.78, 5) is 0. The van der Waals surface area contributed by atoms with Crippen LogP contribution in [0.1, 0.15) is 42.7 Å². The van der Waals surface area contributed by atoms with Gasteiger partial charge in [-0.15, -0.1) is 0 Å². The van der Waals surface area contributed by atoms with Crippen LogP contribution in [0.2, 0.25) is 10.0 Å². The van der Waals surface area contributed by atoms with Gasteiger partial charge in [0.15, 0.2) is 0 Å². The number of nitrogens with zero attached hydrogens (tertiary/aromatic N) is 1. The van der Waals surface area contributed by atoms with Crippen molar-refractivity contribution in [3.05, 3.63) is 75.3 Å². The van der Waals surface area contributed by atoms with Gasteiger partial charge < -0.3 is 15.2 Å². The van der Waals surface area contributed by atoms with E-state index in [0.717, 1.165) is 55.1 Å². The second-order valence-electron chi connectivity index (χ2n) is 8.05. The van der Waals surface area contributed by atoms with Crippen molar-refractivity contribution < 1.29 is 9.47 Å². The topological polar surface area (TPSA) is 68.3 Å². The van der Waals surface area contributed by atoms with Gasteiger partial charge in [-0.3, -0.25) is 0 Å². The maximum absolute atomic E-state index is 9.22. The average molecular weight is 473 g/mol. The van der Waals surface area contributed by atoms with Crippen molar-refractivity contribution in [2.75, 3.05) is 33.0 Å². The minimum Gasteiger partial charge on any atom is -0.381 e. The number of ether oxygens (including phenoxy) is 2. The average Bonchev–Trinajstić information content (AvgIpc) is 2.84. The lowest BCUT2D eigenvalue weighted by Gasteiger charge is -2.29. The minimum absolute atomic E-state index is 0.446. The molecule has 0 spiro atoms. The van der Waals surface area contributed by atoms with Gasteiger partial charge in [-0.25, -0.2) is 0 Å². The van der Waals surface area contributed by atoms with E-state index in [-0.39, 0.29) is 0 Å². The number of nitrogens with two attached hydrogens (primary N) is 1. The van der Waals surface area contributed by atoms with Crippen LogP contribution in [0.3, 0.4) is 0 Å². The Hall–Kier alpha value is -1.87. The van der Waals surface area contributed by atoms with Gasteiger partial charge in [-0.2, -0.15) is 5.26 Å². The Bertz CT molecular complexity index is 906. The predicted octanol–water partition coefficient (Wildman–Crippen LogP) is 6.24. The molecule has 2 heterocycles. The van der Waals surface area contributed by atoms with E-state index in [9.17, 15) is 5.26 Å². The van der Waals surface area contributed by atoms with Gasteiger partial charge in [-0.1, -0.05) is 47.5 Å². The Balaban J connectivity index is 0.000000181. The molecule has 2 saturated heterocycles. The van der Waals surface area contributed by atoms with Crippen LogP contribution in [-0.4, -0.2) is 33.0 Å². The molecule has 0 aromatic heterocycles. The number of benzene rings is 2. The summed E-state index contributed by atoms with van der Waals surface area (Å²) in [6.45, 7) is 3.87. The second-order valence-corrected chi connectivity index (χ2v) is 8.93. The van der Waals surface area contributed by atoms with E-state index in [4.69, 9.17) is 38.4 Å². The molecule has 4 nitrogen and oxygen atoms in total. The van der Waals surface area contributed by atoms with Gasteiger partial charge in [-0.05, 0) is 85.0 Å². The number of hydrogen-bond acceptors (Lipinski definition) is 4. The van der Waals surface area contributed by atoms with Crippen LogP contribution in [0.25, 0.3) is 5.57 Å². The number of hydrogen-bond donors (Lipinski definition) is 1. The highest BCUT2D eigenvalue weighted by molar-refractivity contribution is 6.30. The number of halogens is 2. The van der Waals surface area contributed by atoms with Crippen molar-refractivity contribution in [2.24, 2.45) is 11.7 Å². The fraction of sp³-hybridized carbons (Fsp3) is 0.423. The van der Waals surface area contributed by atoms with Gasteiger partial charge in [0.1, 0.15) is 0 Å². The summed E-state index contributed by atoms with van der Waals surface area (Å²) in [6, 6.07) is 17.8. The van der Waals surface area contributed by atoms with Crippen molar-refractivity contribution in [1.29, 1.82) is 5.26 Å². The first kappa shape index (κ1) is 24.8. The van der Waals surface area contributed by atoms with Crippen LogP contribution >= 0.6 is 23.2 Å². The van der Waals surface area contributed by atoms with E-state index in [2.05, 4.69) is 18.2 Å². The van der Waals surface area contributed by atoms with E-state index < -0.39 is 0 Å². The van der Waals surface area contributed by atoms with Crippen LogP contribution in [0.15, 0.2) is 54.1 Å². The molecule has 32 heavy (non-hydrogen) atoms. The Morgan fingerprint density at radius 2 is 1.44 bits per heavy atom. The molecule has 2 aromatic rings. The third-order valence-electron chi connectivity index (χ3n) is 6.08. The molecule has 4 rings (SSSR count). The Kier molecular flexibility index (Phi) is 10.1. The van der Waals surface area contributed by atoms with Crippen molar-refractivity contribution in [2.45, 2.75) is 31.6 Å². The largest absolute Gasteiger partial charge is 0.381 e. The zero-order valence-electron chi connectivity index (χ0n) is 18.2. The molecule has 0 radical (unpaired) electrons. The molecule has 2 N–H and O–H groups in total. The zero-order chi connectivity index (χ0) is 22.8. The number of nitriles is 1. The third-order valence-corrected chi connectivity index (χ3v) is 6.59. The lowest BCUT2D eigenvalue weighted by Crippen LogP contribution is -2.27. The van der Waals surface area contributed by atoms with E-state index in [1.54, 1.807) is 0 Å². The van der Waals surface area contributed by atoms with E-state index >= 15 is 0 Å². The summed E-state index contributed by atoms with van der Waals surface area (Å²) < 4.78 is 10.7. The fourth-order valence-corrected chi connectivity index (χ4v) is 4.51. The summed E-state index contributed by atoms with van der Waals surface area (Å²) >= 11 is 11.7. The van der Waals surface area contributed by atoms with Crippen molar-refractivity contribution in [3.8, 4) is 6.07 Å². The monoisotopic (exact) mass is 472 g/mol. The second kappa shape index (κ2) is 13.0. The molecule has 0 bridgehead atoms. The van der Waals surface area contributed by atoms with Crippen molar-refractivity contribution in [1.82, 2.24) is 0 Å². The first-order valence-electron chi connectivity index (χ1n) is 11.1. The summed E-state index contributed by atoms with van der Waals surface area (Å²) in [6.07, 6.45) is 3.94. The number of allylic oxidation sites excluding steroid dienone is 1. The maximum atomic E-state index is 9.22. The lowest BCUT2D eigenvalue weighted by molar-refractivity contribution is 0.0586. The molecular formula is C26H30Cl2N2O2. The van der Waals surface area contributed by atoms with Gasteiger partial charge in [0, 0.05) is 23.3 Å². The highest BCUT2D eigenvalue weighted by atomic mass is 35.5. The van der Waals surface area contributed by atoms with E-state index in [1.165, 1.54) is 11.1 Å². The van der Waals surface area contributed by atoms with Gasteiger partial charge in [0.2, 0.25) is 0 Å². The highest BCUT2D eigenvalue weighted by Crippen LogP contribution is 2.32. The zero-order valence-corrected chi connectivity index (χ0v) is 19.7. The molecule has 1 unspecified atom stereocenters. The number of rotatable bonds is 4. The Morgan fingerprint density at radius 1 is 0.906 bits per heavy atom. The molecule has 2 aliphatic heterocycles. The molecule has 170 valence electrons. The van der Waals surface area contributed by atoms with Gasteiger partial charge >= 0.3 is 0 Å². The third kappa shape index (κ3) is 7.07.